The summed E-state index contributed by atoms with van der Waals surface area (Å²) in [6.07, 6.45) is 0. The maximum Gasteiger partial charge on any atom is 0.137 e. The molecule has 262 valence electrons. The van der Waals surface area contributed by atoms with Gasteiger partial charge in [-0.15, -0.1) is 0 Å². The predicted octanol–water partition coefficient (Wildman–Crippen LogP) is 14.3. The highest BCUT2D eigenvalue weighted by molar-refractivity contribution is 6.06. The molecule has 0 radical (unpaired) electrons. The third kappa shape index (κ3) is 4.34. The fourth-order valence-electron chi connectivity index (χ4n) is 9.52. The van der Waals surface area contributed by atoms with Crippen LogP contribution in [-0.2, 0) is 5.41 Å². The Balaban J connectivity index is 1.17. The summed E-state index contributed by atoms with van der Waals surface area (Å²) in [5.74, 6) is 1.76. The van der Waals surface area contributed by atoms with Gasteiger partial charge in [-0.05, 0) is 99.3 Å². The highest BCUT2D eigenvalue weighted by atomic mass is 16.5. The molecule has 2 heterocycles. The van der Waals surface area contributed by atoms with Gasteiger partial charge in [-0.25, -0.2) is 0 Å². The van der Waals surface area contributed by atoms with Crippen molar-refractivity contribution in [2.45, 2.75) is 5.41 Å². The minimum atomic E-state index is -0.622. The number of anilines is 3. The Kier molecular flexibility index (Phi) is 6.55. The fourth-order valence-corrected chi connectivity index (χ4v) is 9.52. The van der Waals surface area contributed by atoms with Crippen molar-refractivity contribution in [3.8, 4) is 33.8 Å². The number of para-hydroxylation sites is 4. The number of hydrogen-bond acceptors (Lipinski definition) is 3. The molecule has 0 saturated heterocycles. The van der Waals surface area contributed by atoms with E-state index >= 15 is 0 Å². The lowest BCUT2D eigenvalue weighted by molar-refractivity contribution is 0.436. The first kappa shape index (κ1) is 31.0. The van der Waals surface area contributed by atoms with Crippen LogP contribution in [0.5, 0.6) is 11.5 Å². The molecule has 3 nitrogen and oxygen atoms in total. The molecule has 10 aromatic rings. The van der Waals surface area contributed by atoms with E-state index in [1.807, 2.05) is 12.1 Å². The molecular formula is C53H33NO2. The van der Waals surface area contributed by atoms with Crippen LogP contribution < -0.4 is 9.64 Å². The molecule has 3 heteroatoms. The summed E-state index contributed by atoms with van der Waals surface area (Å²) in [4.78, 5) is 2.40. The van der Waals surface area contributed by atoms with Crippen molar-refractivity contribution in [1.29, 1.82) is 0 Å². The van der Waals surface area contributed by atoms with Gasteiger partial charge in [-0.2, -0.15) is 0 Å². The second-order valence-electron chi connectivity index (χ2n) is 14.8. The Bertz CT molecular complexity index is 3150. The number of rotatable bonds is 4. The molecular weight excluding hydrogens is 683 g/mol. The molecule has 9 aromatic carbocycles. The summed E-state index contributed by atoms with van der Waals surface area (Å²) in [6.45, 7) is 0. The van der Waals surface area contributed by atoms with Gasteiger partial charge in [0.05, 0.1) is 11.1 Å². The van der Waals surface area contributed by atoms with E-state index in [0.29, 0.717) is 0 Å². The van der Waals surface area contributed by atoms with Gasteiger partial charge in [0.25, 0.3) is 0 Å². The van der Waals surface area contributed by atoms with Gasteiger partial charge in [0.15, 0.2) is 0 Å². The van der Waals surface area contributed by atoms with Crippen LogP contribution in [-0.4, -0.2) is 0 Å². The average molecular weight is 716 g/mol. The number of furan rings is 1. The molecule has 0 N–H and O–H groups in total. The SMILES string of the molecule is c1ccc(-c2ccccc2N(c2ccc3c(c2)C2(c4ccccc4Oc4ccccc42)c2cc4ccccc4cc2-3)c2ccc3c(c2)oc2ccccc23)cc1. The highest BCUT2D eigenvalue weighted by Crippen LogP contribution is 2.63. The molecule has 1 aliphatic carbocycles. The van der Waals surface area contributed by atoms with E-state index in [1.165, 1.54) is 33.0 Å². The minimum absolute atomic E-state index is 0.622. The van der Waals surface area contributed by atoms with E-state index in [9.17, 15) is 0 Å². The van der Waals surface area contributed by atoms with Crippen LogP contribution in [0.15, 0.2) is 205 Å². The molecule has 56 heavy (non-hydrogen) atoms. The molecule has 1 aromatic heterocycles. The Hall–Kier alpha value is -7.36. The lowest BCUT2D eigenvalue weighted by atomic mass is 9.66. The van der Waals surface area contributed by atoms with Crippen LogP contribution in [0.1, 0.15) is 22.3 Å². The van der Waals surface area contributed by atoms with Gasteiger partial charge >= 0.3 is 0 Å². The molecule has 12 rings (SSSR count). The first-order valence-corrected chi connectivity index (χ1v) is 19.2. The van der Waals surface area contributed by atoms with Crippen LogP contribution >= 0.6 is 0 Å². The van der Waals surface area contributed by atoms with Crippen LogP contribution in [0.4, 0.5) is 17.1 Å². The quantitative estimate of drug-likeness (QED) is 0.181. The van der Waals surface area contributed by atoms with E-state index in [1.54, 1.807) is 0 Å². The van der Waals surface area contributed by atoms with Crippen LogP contribution in [0.3, 0.4) is 0 Å². The fraction of sp³-hybridized carbons (Fsp3) is 0.0189. The van der Waals surface area contributed by atoms with Crippen molar-refractivity contribution in [3.63, 3.8) is 0 Å². The molecule has 0 atom stereocenters. The molecule has 0 amide bonds. The number of ether oxygens (including phenoxy) is 1. The van der Waals surface area contributed by atoms with Gasteiger partial charge in [0.1, 0.15) is 22.7 Å². The topological polar surface area (TPSA) is 25.6 Å². The minimum Gasteiger partial charge on any atom is -0.457 e. The molecule has 1 aliphatic heterocycles. The largest absolute Gasteiger partial charge is 0.457 e. The second-order valence-corrected chi connectivity index (χ2v) is 14.8. The lowest BCUT2D eigenvalue weighted by Crippen LogP contribution is -2.32. The van der Waals surface area contributed by atoms with Crippen LogP contribution in [0.25, 0.3) is 55.0 Å². The molecule has 0 bridgehead atoms. The van der Waals surface area contributed by atoms with Crippen LogP contribution in [0, 0.1) is 0 Å². The van der Waals surface area contributed by atoms with Crippen molar-refractivity contribution in [1.82, 2.24) is 0 Å². The summed E-state index contributed by atoms with van der Waals surface area (Å²) in [7, 11) is 0. The Morgan fingerprint density at radius 2 is 0.982 bits per heavy atom. The Morgan fingerprint density at radius 1 is 0.375 bits per heavy atom. The first-order valence-electron chi connectivity index (χ1n) is 19.2. The lowest BCUT2D eigenvalue weighted by Gasteiger charge is -2.39. The molecule has 2 aliphatic rings. The summed E-state index contributed by atoms with van der Waals surface area (Å²) in [6, 6.07) is 72.0. The monoisotopic (exact) mass is 715 g/mol. The Labute approximate surface area is 324 Å². The zero-order valence-corrected chi connectivity index (χ0v) is 30.3. The number of fused-ring (bicyclic) bond motifs is 13. The van der Waals surface area contributed by atoms with E-state index in [4.69, 9.17) is 9.15 Å². The molecule has 0 unspecified atom stereocenters. The summed E-state index contributed by atoms with van der Waals surface area (Å²) >= 11 is 0. The van der Waals surface area contributed by atoms with Crippen molar-refractivity contribution < 1.29 is 9.15 Å². The second kappa shape index (κ2) is 11.8. The van der Waals surface area contributed by atoms with Gasteiger partial charge in [0, 0.05) is 44.9 Å². The Morgan fingerprint density at radius 3 is 1.80 bits per heavy atom. The predicted molar refractivity (Wildman–Crippen MR) is 229 cm³/mol. The van der Waals surface area contributed by atoms with Crippen molar-refractivity contribution >= 4 is 49.8 Å². The summed E-state index contributed by atoms with van der Waals surface area (Å²) < 4.78 is 13.2. The number of benzene rings is 9. The summed E-state index contributed by atoms with van der Waals surface area (Å²) in [5.41, 5.74) is 13.8. The normalized spacial score (nSPS) is 13.3. The van der Waals surface area contributed by atoms with Crippen molar-refractivity contribution in [2.75, 3.05) is 4.90 Å². The molecule has 0 saturated carbocycles. The van der Waals surface area contributed by atoms with E-state index in [2.05, 4.69) is 193 Å². The maximum absolute atomic E-state index is 6.71. The smallest absolute Gasteiger partial charge is 0.137 e. The third-order valence-electron chi connectivity index (χ3n) is 11.9. The number of nitrogens with zero attached hydrogens (tertiary/aromatic N) is 1. The highest BCUT2D eigenvalue weighted by Gasteiger charge is 2.51. The van der Waals surface area contributed by atoms with Crippen LogP contribution in [0.2, 0.25) is 0 Å². The summed E-state index contributed by atoms with van der Waals surface area (Å²) in [5, 5.41) is 4.67. The van der Waals surface area contributed by atoms with Gasteiger partial charge < -0.3 is 14.1 Å². The van der Waals surface area contributed by atoms with Gasteiger partial charge in [-0.1, -0.05) is 133 Å². The zero-order valence-electron chi connectivity index (χ0n) is 30.3. The third-order valence-corrected chi connectivity index (χ3v) is 11.9. The molecule has 1 spiro atoms. The standard InChI is InChI=1S/C53H33NO2/c1-2-14-34(15-3-1)39-18-6-10-22-48(39)54(38-27-29-42-41-19-7-11-23-49(41)55-52(42)33-38)37-26-28-40-43-30-35-16-4-5-17-36(35)31-46(43)53(47(40)32-37)44-20-8-12-24-50(44)56-51-25-13-9-21-45(51)53/h1-33H. The van der Waals surface area contributed by atoms with E-state index in [-0.39, 0.29) is 0 Å². The van der Waals surface area contributed by atoms with E-state index < -0.39 is 5.41 Å². The number of hydrogen-bond donors (Lipinski definition) is 0. The zero-order chi connectivity index (χ0) is 36.8. The molecule has 0 fully saturated rings. The van der Waals surface area contributed by atoms with E-state index in [0.717, 1.165) is 72.8 Å². The first-order chi connectivity index (χ1) is 27.8. The van der Waals surface area contributed by atoms with Gasteiger partial charge in [0.2, 0.25) is 0 Å². The average Bonchev–Trinajstić information content (AvgIpc) is 3.76. The van der Waals surface area contributed by atoms with Crippen molar-refractivity contribution in [2.24, 2.45) is 0 Å². The maximum atomic E-state index is 6.71. The van der Waals surface area contributed by atoms with Crippen molar-refractivity contribution in [3.05, 3.63) is 222 Å². The van der Waals surface area contributed by atoms with Gasteiger partial charge in [-0.3, -0.25) is 0 Å².